The second-order valence-corrected chi connectivity index (χ2v) is 12.5. The van der Waals surface area contributed by atoms with E-state index >= 15 is 0 Å². The molecule has 2 saturated heterocycles. The van der Waals surface area contributed by atoms with E-state index in [1.54, 1.807) is 0 Å². The molecule has 0 aromatic carbocycles. The van der Waals surface area contributed by atoms with Gasteiger partial charge in [-0.25, -0.2) is 0 Å². The fraction of sp³-hybridized carbons (Fsp3) is 1.00. The molecule has 4 aliphatic rings. The molecule has 0 aromatic rings. The van der Waals surface area contributed by atoms with E-state index in [9.17, 15) is 30.6 Å². The van der Waals surface area contributed by atoms with E-state index in [1.165, 1.54) is 0 Å². The maximum absolute atomic E-state index is 11.9. The van der Waals surface area contributed by atoms with Gasteiger partial charge in [-0.1, -0.05) is 0 Å². The fourth-order valence-electron chi connectivity index (χ4n) is 6.84. The van der Waals surface area contributed by atoms with E-state index in [1.807, 2.05) is 0 Å². The first-order valence-electron chi connectivity index (χ1n) is 15.1. The first kappa shape index (κ1) is 34.2. The third kappa shape index (κ3) is 7.59. The van der Waals surface area contributed by atoms with E-state index in [0.717, 1.165) is 12.8 Å². The van der Waals surface area contributed by atoms with E-state index in [4.69, 9.17) is 42.9 Å². The SMILES string of the molecule is NCC(O)CN[C@@H]1C[C@H](N)C([C@H]2O[C@H](CN)[C@@H](O)C[C@H]2NCC2CC(N)C2)[C@H](O)[C@H]1O[C@H]1O[C@H](CO)[C@@H](O)[C@H](N)[C@H]1O. The van der Waals surface area contributed by atoms with Crippen LogP contribution in [0.15, 0.2) is 0 Å². The summed E-state index contributed by atoms with van der Waals surface area (Å²) < 4.78 is 18.2. The van der Waals surface area contributed by atoms with Crippen LogP contribution in [0, 0.1) is 11.8 Å². The molecule has 246 valence electrons. The lowest BCUT2D eigenvalue weighted by Gasteiger charge is -2.52. The summed E-state index contributed by atoms with van der Waals surface area (Å²) in [7, 11) is 0. The number of nitrogens with one attached hydrogen (secondary N) is 2. The average molecular weight is 608 g/mol. The van der Waals surface area contributed by atoms with Crippen molar-refractivity contribution in [2.75, 3.05) is 32.8 Å². The van der Waals surface area contributed by atoms with Crippen molar-refractivity contribution in [3.63, 3.8) is 0 Å². The van der Waals surface area contributed by atoms with Crippen molar-refractivity contribution in [3.8, 4) is 0 Å². The Morgan fingerprint density at radius 2 is 1.57 bits per heavy atom. The van der Waals surface area contributed by atoms with Crippen LogP contribution in [0.3, 0.4) is 0 Å². The summed E-state index contributed by atoms with van der Waals surface area (Å²) in [6.45, 7) is 0.278. The third-order valence-electron chi connectivity index (χ3n) is 9.47. The van der Waals surface area contributed by atoms with Gasteiger partial charge in [0.25, 0.3) is 0 Å². The maximum atomic E-state index is 11.9. The van der Waals surface area contributed by atoms with Gasteiger partial charge < -0.3 is 84.2 Å². The zero-order valence-corrected chi connectivity index (χ0v) is 24.0. The first-order chi connectivity index (χ1) is 20.0. The van der Waals surface area contributed by atoms with E-state index in [2.05, 4.69) is 10.6 Å². The molecule has 16 nitrogen and oxygen atoms in total. The second kappa shape index (κ2) is 15.1. The molecule has 4 fully saturated rings. The molecule has 0 spiro atoms. The van der Waals surface area contributed by atoms with Gasteiger partial charge in [-0.3, -0.25) is 0 Å². The Hall–Kier alpha value is -0.640. The minimum absolute atomic E-state index is 0.00973. The topological polar surface area (TPSA) is 303 Å². The fourth-order valence-corrected chi connectivity index (χ4v) is 6.84. The number of hydrogen-bond donors (Lipinski definition) is 13. The van der Waals surface area contributed by atoms with Gasteiger partial charge in [0.1, 0.15) is 24.4 Å². The predicted octanol–water partition coefficient (Wildman–Crippen LogP) is -6.70. The minimum Gasteiger partial charge on any atom is -0.394 e. The normalized spacial score (nSPS) is 48.9. The molecule has 0 aromatic heterocycles. The van der Waals surface area contributed by atoms with Crippen molar-refractivity contribution < 1.29 is 44.8 Å². The van der Waals surface area contributed by atoms with Gasteiger partial charge in [0.05, 0.1) is 43.2 Å². The summed E-state index contributed by atoms with van der Waals surface area (Å²) in [5, 5.41) is 70.1. The standard InChI is InChI=1S/C26H53N7O9/c27-5-12(35)8-33-14-3-13(30)19(22(38)25(14)42-26-23(39)20(31)21(37)18(9-34)41-26)24-15(4-16(36)17(6-28)40-24)32-7-10-1-11(29)2-10/h10-26,32-39H,1-9,27-31H2/t10?,11?,12?,13-,14+,15+,16-,17+,18+,19?,20-,21+,22-,23+,24-,25-,26+/m0/s1. The molecule has 0 amide bonds. The van der Waals surface area contributed by atoms with Crippen molar-refractivity contribution in [1.82, 2.24) is 10.6 Å². The monoisotopic (exact) mass is 607 g/mol. The van der Waals surface area contributed by atoms with Crippen molar-refractivity contribution in [3.05, 3.63) is 0 Å². The Morgan fingerprint density at radius 3 is 2.19 bits per heavy atom. The highest BCUT2D eigenvalue weighted by molar-refractivity contribution is 5.07. The van der Waals surface area contributed by atoms with Crippen LogP contribution in [-0.4, -0.2) is 155 Å². The van der Waals surface area contributed by atoms with Crippen LogP contribution in [0.2, 0.25) is 0 Å². The van der Waals surface area contributed by atoms with Gasteiger partial charge in [0, 0.05) is 49.7 Å². The smallest absolute Gasteiger partial charge is 0.186 e. The molecule has 2 unspecified atom stereocenters. The van der Waals surface area contributed by atoms with Crippen molar-refractivity contribution in [2.24, 2.45) is 40.5 Å². The largest absolute Gasteiger partial charge is 0.394 e. The zero-order chi connectivity index (χ0) is 30.7. The third-order valence-corrected chi connectivity index (χ3v) is 9.47. The highest BCUT2D eigenvalue weighted by atomic mass is 16.7. The van der Waals surface area contributed by atoms with Gasteiger partial charge in [-0.2, -0.15) is 0 Å². The molecular weight excluding hydrogens is 554 g/mol. The minimum atomic E-state index is -1.47. The van der Waals surface area contributed by atoms with Gasteiger partial charge in [-0.05, 0) is 38.1 Å². The Kier molecular flexibility index (Phi) is 12.3. The van der Waals surface area contributed by atoms with Crippen LogP contribution in [0.25, 0.3) is 0 Å². The Labute approximate surface area is 246 Å². The lowest BCUT2D eigenvalue weighted by molar-refractivity contribution is -0.307. The van der Waals surface area contributed by atoms with Crippen LogP contribution in [0.4, 0.5) is 0 Å². The molecule has 2 aliphatic heterocycles. The van der Waals surface area contributed by atoms with Crippen LogP contribution >= 0.6 is 0 Å². The lowest BCUT2D eigenvalue weighted by Crippen LogP contribution is -2.70. The molecule has 2 heterocycles. The summed E-state index contributed by atoms with van der Waals surface area (Å²) in [6.07, 6.45) is -8.16. The van der Waals surface area contributed by atoms with Crippen LogP contribution in [0.1, 0.15) is 25.7 Å². The predicted molar refractivity (Wildman–Crippen MR) is 150 cm³/mol. The lowest BCUT2D eigenvalue weighted by atomic mass is 9.71. The molecule has 4 rings (SSSR count). The van der Waals surface area contributed by atoms with Crippen molar-refractivity contribution >= 4 is 0 Å². The van der Waals surface area contributed by atoms with Crippen LogP contribution in [-0.2, 0) is 14.2 Å². The number of rotatable bonds is 12. The molecule has 0 bridgehead atoms. The number of ether oxygens (including phenoxy) is 3. The number of nitrogens with two attached hydrogens (primary N) is 5. The summed E-state index contributed by atoms with van der Waals surface area (Å²) in [6, 6.07) is -2.55. The van der Waals surface area contributed by atoms with E-state index < -0.39 is 91.9 Å². The summed E-state index contributed by atoms with van der Waals surface area (Å²) in [4.78, 5) is 0. The number of aliphatic hydroxyl groups is 6. The van der Waals surface area contributed by atoms with E-state index in [0.29, 0.717) is 18.9 Å². The Bertz CT molecular complexity index is 831. The molecule has 16 heteroatoms. The summed E-state index contributed by atoms with van der Waals surface area (Å²) >= 11 is 0. The molecule has 0 radical (unpaired) electrons. The van der Waals surface area contributed by atoms with Crippen molar-refractivity contribution in [1.29, 1.82) is 0 Å². The number of hydrogen-bond acceptors (Lipinski definition) is 16. The van der Waals surface area contributed by atoms with Crippen LogP contribution in [0.5, 0.6) is 0 Å². The highest BCUT2D eigenvalue weighted by Crippen LogP contribution is 2.37. The van der Waals surface area contributed by atoms with E-state index in [-0.39, 0.29) is 38.1 Å². The summed E-state index contributed by atoms with van der Waals surface area (Å²) in [5.41, 5.74) is 30.1. The Balaban J connectivity index is 1.57. The van der Waals surface area contributed by atoms with Crippen molar-refractivity contribution in [2.45, 2.75) is 117 Å². The molecule has 2 aliphatic carbocycles. The second-order valence-electron chi connectivity index (χ2n) is 12.5. The number of aliphatic hydroxyl groups excluding tert-OH is 6. The molecular formula is C26H53N7O9. The molecule has 18 N–H and O–H groups in total. The molecule has 2 saturated carbocycles. The zero-order valence-electron chi connectivity index (χ0n) is 24.0. The molecule has 42 heavy (non-hydrogen) atoms. The quantitative estimate of drug-likeness (QED) is 0.0980. The van der Waals surface area contributed by atoms with Crippen LogP contribution < -0.4 is 39.3 Å². The average Bonchev–Trinajstić information content (AvgIpc) is 2.95. The first-order valence-corrected chi connectivity index (χ1v) is 15.1. The highest BCUT2D eigenvalue weighted by Gasteiger charge is 2.53. The Morgan fingerprint density at radius 1 is 0.857 bits per heavy atom. The van der Waals surface area contributed by atoms with Gasteiger partial charge in [-0.15, -0.1) is 0 Å². The summed E-state index contributed by atoms with van der Waals surface area (Å²) in [5.74, 6) is -0.290. The van der Waals surface area contributed by atoms with Gasteiger partial charge >= 0.3 is 0 Å². The van der Waals surface area contributed by atoms with Gasteiger partial charge in [0.2, 0.25) is 0 Å². The molecule has 15 atom stereocenters. The van der Waals surface area contributed by atoms with Gasteiger partial charge in [0.15, 0.2) is 6.29 Å². The maximum Gasteiger partial charge on any atom is 0.186 e.